The maximum atomic E-state index is 6.65. The number of fused-ring (bicyclic) bond motifs is 12. The van der Waals surface area contributed by atoms with Gasteiger partial charge in [-0.05, 0) is 117 Å². The number of hydrogen-bond donors (Lipinski definition) is 0. The Bertz CT molecular complexity index is 3110. The first kappa shape index (κ1) is 41.4. The first-order chi connectivity index (χ1) is 29.4. The van der Waals surface area contributed by atoms with Crippen LogP contribution in [0.4, 0.5) is 0 Å². The fourth-order valence-electron chi connectivity index (χ4n) is 9.61. The van der Waals surface area contributed by atoms with Gasteiger partial charge in [0.1, 0.15) is 0 Å². The van der Waals surface area contributed by atoms with Gasteiger partial charge in [0.05, 0.1) is 34.2 Å². The van der Waals surface area contributed by atoms with Crippen LogP contribution in [0.25, 0.3) is 77.4 Å². The Kier molecular flexibility index (Phi) is 10.5. The fraction of sp³-hybridized carbons (Fsp3) is 0.259. The van der Waals surface area contributed by atoms with Crippen LogP contribution in [0.5, 0.6) is 11.5 Å². The molecule has 8 heteroatoms. The van der Waals surface area contributed by atoms with E-state index in [1.54, 1.807) is 12.4 Å². The Balaban J connectivity index is 0.00000490. The van der Waals surface area contributed by atoms with E-state index in [1.807, 2.05) is 12.4 Å². The number of aromatic nitrogens is 6. The molecule has 7 nitrogen and oxygen atoms in total. The summed E-state index contributed by atoms with van der Waals surface area (Å²) in [5.41, 5.74) is 17.5. The molecule has 0 saturated heterocycles. The van der Waals surface area contributed by atoms with Crippen molar-refractivity contribution in [3.8, 4) is 34.0 Å². The molecular weight excluding hydrogens is 944 g/mol. The standard InChI is InChI=1S/C54H50N6O.Pt/c1-29(2)37-17-13-18-38(30(3)4)49(37)45-27-57-53-41-23-35(25-55-51(41)47-33(9)15-11-21-43(47)59(45)53)61-36-24-42-52(56-26-36)48-34(10)16-12-22-44(48)60-46(28-58-54(42)60)50-39(31(5)6)19-14-20-40(50)32(7)8;/h11-22,25-32H,1-10H3;/q-2;+2. The van der Waals surface area contributed by atoms with Crippen LogP contribution in [0.2, 0.25) is 0 Å². The SMILES string of the molecule is Cc1cccc2c1c1ncc(Oc3[c-]c4c(nc3)c3c(C)cccc3n3c(-c5c(C(C)C)cccc5C(C)C)cnc43)[c-]c1c1ncc(-c3c(C(C)C)cccc3C(C)C)n21.[Pt+2]. The fourth-order valence-corrected chi connectivity index (χ4v) is 9.61. The third-order valence-corrected chi connectivity index (χ3v) is 12.5. The number of aryl methyl sites for hydroxylation is 2. The van der Waals surface area contributed by atoms with E-state index in [1.165, 1.54) is 33.4 Å². The number of ether oxygens (including phenoxy) is 1. The molecule has 0 spiro atoms. The number of hydrogen-bond acceptors (Lipinski definition) is 5. The van der Waals surface area contributed by atoms with E-state index in [0.29, 0.717) is 35.2 Å². The molecule has 62 heavy (non-hydrogen) atoms. The molecule has 4 aromatic carbocycles. The minimum absolute atomic E-state index is 0. The molecule has 0 atom stereocenters. The topological polar surface area (TPSA) is 69.6 Å². The van der Waals surface area contributed by atoms with Crippen molar-refractivity contribution < 1.29 is 25.8 Å². The smallest absolute Gasteiger partial charge is 0.493 e. The molecule has 0 radical (unpaired) electrons. The summed E-state index contributed by atoms with van der Waals surface area (Å²) < 4.78 is 11.2. The van der Waals surface area contributed by atoms with Gasteiger partial charge in [0.15, 0.2) is 0 Å². The number of benzene rings is 4. The summed E-state index contributed by atoms with van der Waals surface area (Å²) in [5.74, 6) is 2.24. The van der Waals surface area contributed by atoms with Crippen molar-refractivity contribution in [1.82, 2.24) is 28.7 Å². The maximum Gasteiger partial charge on any atom is 2.00 e. The number of nitrogens with zero attached hydrogens (tertiary/aromatic N) is 6. The summed E-state index contributed by atoms with van der Waals surface area (Å²) in [6.07, 6.45) is 7.54. The zero-order valence-electron chi connectivity index (χ0n) is 37.0. The van der Waals surface area contributed by atoms with Gasteiger partial charge in [0.2, 0.25) is 0 Å². The molecule has 312 valence electrons. The van der Waals surface area contributed by atoms with Crippen molar-refractivity contribution in [3.63, 3.8) is 0 Å². The number of imidazole rings is 2. The quantitative estimate of drug-likeness (QED) is 0.112. The van der Waals surface area contributed by atoms with Gasteiger partial charge in [0, 0.05) is 34.6 Å². The zero-order valence-corrected chi connectivity index (χ0v) is 39.2. The first-order valence-corrected chi connectivity index (χ1v) is 21.6. The molecule has 0 aliphatic rings. The molecule has 0 unspecified atom stereocenters. The minimum Gasteiger partial charge on any atom is -0.493 e. The molecule has 0 saturated carbocycles. The average molecular weight is 994 g/mol. The van der Waals surface area contributed by atoms with Crippen molar-refractivity contribution >= 4 is 54.9 Å². The summed E-state index contributed by atoms with van der Waals surface area (Å²) in [7, 11) is 0. The average Bonchev–Trinajstić information content (AvgIpc) is 3.89. The van der Waals surface area contributed by atoms with Crippen LogP contribution in [0, 0.1) is 26.0 Å². The van der Waals surface area contributed by atoms with E-state index >= 15 is 0 Å². The van der Waals surface area contributed by atoms with Gasteiger partial charge in [-0.3, -0.25) is 9.97 Å². The number of rotatable bonds is 8. The predicted octanol–water partition coefficient (Wildman–Crippen LogP) is 14.2. The Hall–Kier alpha value is -5.91. The largest absolute Gasteiger partial charge is 2.00 e. The molecular formula is C54H50N6OPt. The van der Waals surface area contributed by atoms with Gasteiger partial charge in [0.25, 0.3) is 0 Å². The van der Waals surface area contributed by atoms with E-state index in [0.717, 1.165) is 77.4 Å². The van der Waals surface area contributed by atoms with Crippen molar-refractivity contribution in [2.75, 3.05) is 0 Å². The van der Waals surface area contributed by atoms with Crippen LogP contribution in [-0.4, -0.2) is 28.7 Å². The molecule has 0 fully saturated rings. The first-order valence-electron chi connectivity index (χ1n) is 21.6. The Morgan fingerprint density at radius 2 is 0.823 bits per heavy atom. The molecule has 0 aliphatic heterocycles. The van der Waals surface area contributed by atoms with Crippen LogP contribution in [0.15, 0.2) is 97.6 Å². The zero-order chi connectivity index (χ0) is 42.4. The van der Waals surface area contributed by atoms with E-state index < -0.39 is 0 Å². The Morgan fingerprint density at radius 3 is 1.18 bits per heavy atom. The van der Waals surface area contributed by atoms with Crippen molar-refractivity contribution in [2.45, 2.75) is 92.9 Å². The predicted molar refractivity (Wildman–Crippen MR) is 250 cm³/mol. The summed E-state index contributed by atoms with van der Waals surface area (Å²) in [4.78, 5) is 20.4. The second kappa shape index (κ2) is 15.8. The summed E-state index contributed by atoms with van der Waals surface area (Å²) in [6, 6.07) is 33.5. The van der Waals surface area contributed by atoms with E-state index in [-0.39, 0.29) is 21.1 Å². The van der Waals surface area contributed by atoms with Crippen LogP contribution in [0.3, 0.4) is 0 Å². The van der Waals surface area contributed by atoms with Gasteiger partial charge in [-0.25, -0.2) is 0 Å². The third-order valence-electron chi connectivity index (χ3n) is 12.5. The molecule has 6 aromatic heterocycles. The van der Waals surface area contributed by atoms with Crippen molar-refractivity contribution in [3.05, 3.63) is 143 Å². The molecule has 0 amide bonds. The normalized spacial score (nSPS) is 12.2. The van der Waals surface area contributed by atoms with Gasteiger partial charge < -0.3 is 23.5 Å². The van der Waals surface area contributed by atoms with E-state index in [2.05, 4.69) is 163 Å². The summed E-state index contributed by atoms with van der Waals surface area (Å²) in [6.45, 7) is 22.4. The molecule has 10 rings (SSSR count). The van der Waals surface area contributed by atoms with Crippen LogP contribution in [0.1, 0.15) is 112 Å². The van der Waals surface area contributed by atoms with Gasteiger partial charge in [-0.2, -0.15) is 0 Å². The second-order valence-corrected chi connectivity index (χ2v) is 17.8. The van der Waals surface area contributed by atoms with Crippen LogP contribution < -0.4 is 4.74 Å². The van der Waals surface area contributed by atoms with Crippen LogP contribution in [-0.2, 0) is 21.1 Å². The Labute approximate surface area is 377 Å². The van der Waals surface area contributed by atoms with E-state index in [9.17, 15) is 0 Å². The number of pyridine rings is 4. The third kappa shape index (κ3) is 6.42. The van der Waals surface area contributed by atoms with Gasteiger partial charge >= 0.3 is 21.1 Å². The monoisotopic (exact) mass is 993 g/mol. The van der Waals surface area contributed by atoms with Crippen LogP contribution >= 0.6 is 0 Å². The second-order valence-electron chi connectivity index (χ2n) is 17.8. The van der Waals surface area contributed by atoms with Gasteiger partial charge in [-0.1, -0.05) is 139 Å². The Morgan fingerprint density at radius 1 is 0.468 bits per heavy atom. The molecule has 0 N–H and O–H groups in total. The maximum absolute atomic E-state index is 6.65. The molecule has 0 aliphatic carbocycles. The summed E-state index contributed by atoms with van der Waals surface area (Å²) >= 11 is 0. The van der Waals surface area contributed by atoms with Crippen molar-refractivity contribution in [1.29, 1.82) is 0 Å². The molecule has 6 heterocycles. The minimum atomic E-state index is 0. The molecule has 0 bridgehead atoms. The summed E-state index contributed by atoms with van der Waals surface area (Å²) in [5, 5.41) is 3.72. The molecule has 10 aromatic rings. The van der Waals surface area contributed by atoms with E-state index in [4.69, 9.17) is 24.7 Å². The van der Waals surface area contributed by atoms with Crippen molar-refractivity contribution in [2.24, 2.45) is 0 Å². The van der Waals surface area contributed by atoms with Gasteiger partial charge in [-0.15, -0.1) is 0 Å².